The molecule has 20 heavy (non-hydrogen) atoms. The molecule has 0 saturated carbocycles. The largest absolute Gasteiger partial charge is 0.507 e. The molecular formula is C16H18O4. The second kappa shape index (κ2) is 4.96. The lowest BCUT2D eigenvalue weighted by molar-refractivity contribution is 0.363. The summed E-state index contributed by atoms with van der Waals surface area (Å²) < 4.78 is 0. The van der Waals surface area contributed by atoms with Gasteiger partial charge in [-0.2, -0.15) is 0 Å². The van der Waals surface area contributed by atoms with Gasteiger partial charge in [0.1, 0.15) is 5.75 Å². The predicted octanol–water partition coefficient (Wildman–Crippen LogP) is 3.03. The molecule has 0 radical (unpaired) electrons. The Kier molecular flexibility index (Phi) is 3.49. The van der Waals surface area contributed by atoms with Crippen LogP contribution in [0, 0.1) is 20.8 Å². The first-order chi connectivity index (χ1) is 9.31. The molecule has 0 spiro atoms. The minimum absolute atomic E-state index is 0.266. The monoisotopic (exact) mass is 274 g/mol. The van der Waals surface area contributed by atoms with Gasteiger partial charge in [0.05, 0.1) is 0 Å². The van der Waals surface area contributed by atoms with E-state index in [9.17, 15) is 20.4 Å². The van der Waals surface area contributed by atoms with Crippen LogP contribution in [0.25, 0.3) is 0 Å². The fourth-order valence-electron chi connectivity index (χ4n) is 2.35. The smallest absolute Gasteiger partial charge is 0.200 e. The summed E-state index contributed by atoms with van der Waals surface area (Å²) in [4.78, 5) is 0. The molecule has 0 aromatic heterocycles. The minimum Gasteiger partial charge on any atom is -0.507 e. The van der Waals surface area contributed by atoms with E-state index in [1.165, 1.54) is 0 Å². The Labute approximate surface area is 117 Å². The molecule has 0 amide bonds. The van der Waals surface area contributed by atoms with Crippen molar-refractivity contribution in [3.8, 4) is 23.0 Å². The summed E-state index contributed by atoms with van der Waals surface area (Å²) in [7, 11) is 0. The molecule has 0 saturated heterocycles. The first-order valence-corrected chi connectivity index (χ1v) is 6.33. The molecule has 0 aliphatic heterocycles. The molecule has 4 heteroatoms. The van der Waals surface area contributed by atoms with Crippen molar-refractivity contribution in [1.29, 1.82) is 0 Å². The fraction of sp³-hybridized carbons (Fsp3) is 0.250. The van der Waals surface area contributed by atoms with E-state index in [0.29, 0.717) is 17.5 Å². The van der Waals surface area contributed by atoms with Crippen LogP contribution in [-0.2, 0) is 6.42 Å². The zero-order chi connectivity index (χ0) is 15.0. The molecule has 0 fully saturated rings. The van der Waals surface area contributed by atoms with Crippen molar-refractivity contribution in [1.82, 2.24) is 0 Å². The van der Waals surface area contributed by atoms with Crippen molar-refractivity contribution in [2.75, 3.05) is 0 Å². The number of aromatic hydroxyl groups is 4. The van der Waals surface area contributed by atoms with Gasteiger partial charge in [0, 0.05) is 12.0 Å². The Balaban J connectivity index is 2.45. The third kappa shape index (κ3) is 2.37. The lowest BCUT2D eigenvalue weighted by Gasteiger charge is -2.12. The fourth-order valence-corrected chi connectivity index (χ4v) is 2.35. The second-order valence-electron chi connectivity index (χ2n) is 5.15. The molecule has 0 aliphatic rings. The third-order valence-corrected chi connectivity index (χ3v) is 3.46. The molecule has 2 aromatic rings. The summed E-state index contributed by atoms with van der Waals surface area (Å²) in [5.74, 6) is -0.837. The van der Waals surface area contributed by atoms with Crippen molar-refractivity contribution in [2.45, 2.75) is 27.2 Å². The standard InChI is InChI=1S/C16H18O4/c1-8-4-11(5-9(2)13(8)17)7-12-6-10(3)14(18)16(20)15(12)19/h4-6,17-20H,7H2,1-3H3. The molecule has 0 heterocycles. The van der Waals surface area contributed by atoms with Gasteiger partial charge in [0.25, 0.3) is 0 Å². The highest BCUT2D eigenvalue weighted by Gasteiger charge is 2.15. The number of phenolic OH excluding ortho intramolecular Hbond substituents is 4. The van der Waals surface area contributed by atoms with E-state index in [1.807, 2.05) is 26.0 Å². The molecule has 0 aliphatic carbocycles. The zero-order valence-corrected chi connectivity index (χ0v) is 11.7. The Morgan fingerprint density at radius 1 is 0.650 bits per heavy atom. The SMILES string of the molecule is Cc1cc(Cc2cc(C)c(O)c(O)c2O)cc(C)c1O. The molecule has 4 nitrogen and oxygen atoms in total. The number of benzene rings is 2. The van der Waals surface area contributed by atoms with Gasteiger partial charge >= 0.3 is 0 Å². The highest BCUT2D eigenvalue weighted by atomic mass is 16.3. The van der Waals surface area contributed by atoms with E-state index in [1.54, 1.807) is 13.0 Å². The maximum Gasteiger partial charge on any atom is 0.200 e. The first kappa shape index (κ1) is 14.1. The quantitative estimate of drug-likeness (QED) is 0.634. The molecule has 106 valence electrons. The summed E-state index contributed by atoms with van der Waals surface area (Å²) >= 11 is 0. The van der Waals surface area contributed by atoms with Crippen molar-refractivity contribution >= 4 is 0 Å². The molecular weight excluding hydrogens is 256 g/mol. The predicted molar refractivity (Wildman–Crippen MR) is 76.6 cm³/mol. The normalized spacial score (nSPS) is 10.8. The van der Waals surface area contributed by atoms with Crippen LogP contribution in [0.2, 0.25) is 0 Å². The van der Waals surface area contributed by atoms with E-state index >= 15 is 0 Å². The van der Waals surface area contributed by atoms with Gasteiger partial charge in [-0.1, -0.05) is 12.1 Å². The number of rotatable bonds is 2. The molecule has 0 unspecified atom stereocenters. The van der Waals surface area contributed by atoms with Crippen LogP contribution in [0.4, 0.5) is 0 Å². The summed E-state index contributed by atoms with van der Waals surface area (Å²) in [5.41, 5.74) is 3.47. The Hall–Kier alpha value is -2.36. The van der Waals surface area contributed by atoms with Crippen LogP contribution in [0.1, 0.15) is 27.8 Å². The van der Waals surface area contributed by atoms with Crippen LogP contribution in [0.15, 0.2) is 18.2 Å². The van der Waals surface area contributed by atoms with E-state index in [2.05, 4.69) is 0 Å². The average molecular weight is 274 g/mol. The van der Waals surface area contributed by atoms with Crippen molar-refractivity contribution in [2.24, 2.45) is 0 Å². The first-order valence-electron chi connectivity index (χ1n) is 6.33. The summed E-state index contributed by atoms with van der Waals surface area (Å²) in [5, 5.41) is 38.9. The Bertz CT molecular complexity index is 652. The van der Waals surface area contributed by atoms with Gasteiger partial charge in [-0.3, -0.25) is 0 Å². The van der Waals surface area contributed by atoms with E-state index in [4.69, 9.17) is 0 Å². The lowest BCUT2D eigenvalue weighted by atomic mass is 9.97. The maximum atomic E-state index is 9.90. The molecule has 2 rings (SSSR count). The lowest BCUT2D eigenvalue weighted by Crippen LogP contribution is -1.93. The van der Waals surface area contributed by atoms with Crippen molar-refractivity contribution in [3.05, 3.63) is 46.0 Å². The molecule has 4 N–H and O–H groups in total. The Morgan fingerprint density at radius 2 is 1.15 bits per heavy atom. The second-order valence-corrected chi connectivity index (χ2v) is 5.15. The van der Waals surface area contributed by atoms with Gasteiger partial charge in [-0.05, 0) is 49.1 Å². The summed E-state index contributed by atoms with van der Waals surface area (Å²) in [6.07, 6.45) is 0.405. The van der Waals surface area contributed by atoms with Crippen LogP contribution < -0.4 is 0 Å². The molecule has 0 bridgehead atoms. The van der Waals surface area contributed by atoms with Crippen molar-refractivity contribution < 1.29 is 20.4 Å². The molecule has 2 aromatic carbocycles. The number of phenols is 4. The van der Waals surface area contributed by atoms with Crippen LogP contribution >= 0.6 is 0 Å². The van der Waals surface area contributed by atoms with Crippen molar-refractivity contribution in [3.63, 3.8) is 0 Å². The number of hydrogen-bond donors (Lipinski definition) is 4. The van der Waals surface area contributed by atoms with E-state index < -0.39 is 5.75 Å². The summed E-state index contributed by atoms with van der Waals surface area (Å²) in [6.45, 7) is 5.28. The molecule has 0 atom stereocenters. The van der Waals surface area contributed by atoms with Crippen LogP contribution in [0.5, 0.6) is 23.0 Å². The Morgan fingerprint density at radius 3 is 1.70 bits per heavy atom. The van der Waals surface area contributed by atoms with Gasteiger partial charge in [0.15, 0.2) is 11.5 Å². The van der Waals surface area contributed by atoms with E-state index in [-0.39, 0.29) is 17.2 Å². The van der Waals surface area contributed by atoms with Gasteiger partial charge < -0.3 is 20.4 Å². The highest BCUT2D eigenvalue weighted by molar-refractivity contribution is 5.58. The minimum atomic E-state index is -0.493. The van der Waals surface area contributed by atoms with Crippen LogP contribution in [-0.4, -0.2) is 20.4 Å². The van der Waals surface area contributed by atoms with E-state index in [0.717, 1.165) is 16.7 Å². The highest BCUT2D eigenvalue weighted by Crippen LogP contribution is 2.40. The van der Waals surface area contributed by atoms with Gasteiger partial charge in [-0.25, -0.2) is 0 Å². The van der Waals surface area contributed by atoms with Gasteiger partial charge in [0.2, 0.25) is 5.75 Å². The maximum absolute atomic E-state index is 9.90. The van der Waals surface area contributed by atoms with Gasteiger partial charge in [-0.15, -0.1) is 0 Å². The zero-order valence-electron chi connectivity index (χ0n) is 11.7. The summed E-state index contributed by atoms with van der Waals surface area (Å²) in [6, 6.07) is 5.31. The average Bonchev–Trinajstić information content (AvgIpc) is 2.39. The number of aryl methyl sites for hydroxylation is 3. The third-order valence-electron chi connectivity index (χ3n) is 3.46. The van der Waals surface area contributed by atoms with Crippen LogP contribution in [0.3, 0.4) is 0 Å². The number of hydrogen-bond acceptors (Lipinski definition) is 4. The topological polar surface area (TPSA) is 80.9 Å².